The second-order valence-electron chi connectivity index (χ2n) is 8.77. The van der Waals surface area contributed by atoms with Crippen molar-refractivity contribution in [1.29, 1.82) is 0 Å². The van der Waals surface area contributed by atoms with Crippen LogP contribution in [0.15, 0.2) is 42.9 Å². The Morgan fingerprint density at radius 1 is 1.26 bits per heavy atom. The summed E-state index contributed by atoms with van der Waals surface area (Å²) in [6.07, 6.45) is 6.05. The predicted molar refractivity (Wildman–Crippen MR) is 132 cm³/mol. The normalized spacial score (nSPS) is 18.2. The molecule has 1 saturated carbocycles. The fourth-order valence-corrected chi connectivity index (χ4v) is 5.71. The van der Waals surface area contributed by atoms with Crippen molar-refractivity contribution in [2.24, 2.45) is 11.1 Å². The number of hydrogen-bond donors (Lipinski definition) is 2. The molecule has 0 radical (unpaired) electrons. The molecule has 2 heterocycles. The molecule has 10 heteroatoms. The van der Waals surface area contributed by atoms with Gasteiger partial charge in [0.2, 0.25) is 5.78 Å². The van der Waals surface area contributed by atoms with Crippen LogP contribution in [0.3, 0.4) is 0 Å². The Hall–Kier alpha value is -2.66. The number of nitrogens with one attached hydrogen (secondary N) is 1. The molecule has 1 aliphatic carbocycles. The minimum atomic E-state index is -3.94. The van der Waals surface area contributed by atoms with E-state index >= 15 is 0 Å². The second kappa shape index (κ2) is 10.3. The Labute approximate surface area is 203 Å². The van der Waals surface area contributed by atoms with Crippen molar-refractivity contribution in [1.82, 2.24) is 9.97 Å². The van der Waals surface area contributed by atoms with Gasteiger partial charge in [-0.3, -0.25) is 8.98 Å². The van der Waals surface area contributed by atoms with Crippen LogP contribution >= 0.6 is 11.3 Å². The first-order chi connectivity index (χ1) is 16.2. The van der Waals surface area contributed by atoms with Gasteiger partial charge < -0.3 is 5.32 Å². The lowest BCUT2D eigenvalue weighted by Gasteiger charge is -2.15. The van der Waals surface area contributed by atoms with Crippen molar-refractivity contribution in [2.75, 3.05) is 11.9 Å². The number of nitrogens with two attached hydrogens (primary N) is 1. The lowest BCUT2D eigenvalue weighted by atomic mass is 10.0. The molecule has 2 atom stereocenters. The molecule has 4 rings (SSSR count). The molecule has 0 bridgehead atoms. The van der Waals surface area contributed by atoms with Gasteiger partial charge in [0.05, 0.1) is 17.0 Å². The first-order valence-electron chi connectivity index (χ1n) is 11.1. The van der Waals surface area contributed by atoms with Crippen LogP contribution in [-0.2, 0) is 20.9 Å². The second-order valence-corrected chi connectivity index (χ2v) is 11.2. The standard InChI is InChI=1S/C24H28N4O4S2/c1-15-4-3-5-17(8-15)9-19-11-22(33-16(19)2)23(29)21-12-26-14-27-24(21)28-20-7-6-18(10-20)13-32-34(25,30)31/h3-5,8,11-12,14,18,20H,6-7,9-10,13H2,1-2H3,(H2,25,30,31)(H,26,27,28)/t18-,20+/m1/s1. The molecule has 0 unspecified atom stereocenters. The van der Waals surface area contributed by atoms with E-state index in [1.54, 1.807) is 6.20 Å². The summed E-state index contributed by atoms with van der Waals surface area (Å²) < 4.78 is 26.8. The molecule has 0 aliphatic heterocycles. The van der Waals surface area contributed by atoms with Gasteiger partial charge in [-0.05, 0) is 62.6 Å². The topological polar surface area (TPSA) is 124 Å². The SMILES string of the molecule is Cc1cccc(Cc2cc(C(=O)c3cncnc3N[C@H]3CC[C@@H](COS(N)(=O)=O)C3)sc2C)c1. The van der Waals surface area contributed by atoms with E-state index in [1.807, 2.05) is 19.1 Å². The van der Waals surface area contributed by atoms with E-state index in [2.05, 4.69) is 40.4 Å². The molecule has 8 nitrogen and oxygen atoms in total. The van der Waals surface area contributed by atoms with Gasteiger partial charge in [-0.2, -0.15) is 8.42 Å². The number of nitrogens with zero attached hydrogens (tertiary/aromatic N) is 2. The number of ketones is 1. The third-order valence-corrected chi connectivity index (χ3v) is 7.58. The van der Waals surface area contributed by atoms with Gasteiger partial charge >= 0.3 is 10.3 Å². The van der Waals surface area contributed by atoms with E-state index in [-0.39, 0.29) is 24.3 Å². The smallest absolute Gasteiger partial charge is 0.333 e. The van der Waals surface area contributed by atoms with Crippen molar-refractivity contribution in [2.45, 2.75) is 45.6 Å². The number of aryl methyl sites for hydroxylation is 2. The highest BCUT2D eigenvalue weighted by atomic mass is 32.2. The van der Waals surface area contributed by atoms with Crippen LogP contribution in [0.25, 0.3) is 0 Å². The maximum Gasteiger partial charge on any atom is 0.333 e. The van der Waals surface area contributed by atoms with Gasteiger partial charge in [-0.25, -0.2) is 15.1 Å². The number of carbonyl (C=O) groups is 1. The molecule has 1 aromatic carbocycles. The van der Waals surface area contributed by atoms with Crippen molar-refractivity contribution in [3.8, 4) is 0 Å². The van der Waals surface area contributed by atoms with Gasteiger partial charge in [0.1, 0.15) is 12.1 Å². The summed E-state index contributed by atoms with van der Waals surface area (Å²) in [5, 5.41) is 8.27. The van der Waals surface area contributed by atoms with Gasteiger partial charge in [0.25, 0.3) is 0 Å². The highest BCUT2D eigenvalue weighted by molar-refractivity contribution is 7.84. The summed E-state index contributed by atoms with van der Waals surface area (Å²) >= 11 is 1.48. The number of aromatic nitrogens is 2. The third kappa shape index (κ3) is 6.26. The Morgan fingerprint density at radius 2 is 2.09 bits per heavy atom. The van der Waals surface area contributed by atoms with E-state index in [1.165, 1.54) is 28.8 Å². The maximum absolute atomic E-state index is 13.4. The number of rotatable bonds is 9. The first-order valence-corrected chi connectivity index (χ1v) is 13.4. The van der Waals surface area contributed by atoms with Crippen molar-refractivity contribution >= 4 is 33.2 Å². The van der Waals surface area contributed by atoms with Gasteiger partial charge in [-0.15, -0.1) is 11.3 Å². The van der Waals surface area contributed by atoms with Crippen LogP contribution in [0.2, 0.25) is 0 Å². The number of hydrogen-bond acceptors (Lipinski definition) is 8. The fraction of sp³-hybridized carbons (Fsp3) is 0.375. The Bertz CT molecular complexity index is 1290. The highest BCUT2D eigenvalue weighted by Gasteiger charge is 2.28. The molecule has 180 valence electrons. The molecule has 1 aliphatic rings. The summed E-state index contributed by atoms with van der Waals surface area (Å²) in [5.41, 5.74) is 3.99. The quantitative estimate of drug-likeness (QED) is 0.429. The predicted octanol–water partition coefficient (Wildman–Crippen LogP) is 3.78. The van der Waals surface area contributed by atoms with Crippen molar-refractivity contribution in [3.63, 3.8) is 0 Å². The molecule has 0 spiro atoms. The van der Waals surface area contributed by atoms with Crippen LogP contribution in [-0.4, -0.2) is 36.8 Å². The summed E-state index contributed by atoms with van der Waals surface area (Å²) in [5.74, 6) is 0.448. The van der Waals surface area contributed by atoms with Crippen molar-refractivity contribution in [3.05, 3.63) is 74.9 Å². The zero-order valence-corrected chi connectivity index (χ0v) is 20.8. The number of benzene rings is 1. The van der Waals surface area contributed by atoms with E-state index in [9.17, 15) is 13.2 Å². The Balaban J connectivity index is 1.46. The average molecular weight is 501 g/mol. The molecule has 0 amide bonds. The number of anilines is 1. The molecule has 3 aromatic rings. The minimum Gasteiger partial charge on any atom is -0.367 e. The van der Waals surface area contributed by atoms with Gasteiger partial charge in [-0.1, -0.05) is 29.8 Å². The zero-order valence-electron chi connectivity index (χ0n) is 19.2. The summed E-state index contributed by atoms with van der Waals surface area (Å²) in [7, 11) is -3.94. The lowest BCUT2D eigenvalue weighted by molar-refractivity contribution is 0.104. The van der Waals surface area contributed by atoms with Gasteiger partial charge in [0, 0.05) is 17.1 Å². The lowest BCUT2D eigenvalue weighted by Crippen LogP contribution is -2.22. The van der Waals surface area contributed by atoms with E-state index in [4.69, 9.17) is 9.32 Å². The Morgan fingerprint density at radius 3 is 2.85 bits per heavy atom. The van der Waals surface area contributed by atoms with Crippen LogP contribution < -0.4 is 10.5 Å². The average Bonchev–Trinajstić information content (AvgIpc) is 3.38. The monoisotopic (exact) mass is 500 g/mol. The molecule has 2 aromatic heterocycles. The van der Waals surface area contributed by atoms with Gasteiger partial charge in [0.15, 0.2) is 0 Å². The summed E-state index contributed by atoms with van der Waals surface area (Å²) in [6, 6.07) is 10.4. The summed E-state index contributed by atoms with van der Waals surface area (Å²) in [4.78, 5) is 23.5. The first kappa shape index (κ1) is 24.5. The zero-order chi connectivity index (χ0) is 24.3. The van der Waals surface area contributed by atoms with Crippen LogP contribution in [0.1, 0.15) is 56.1 Å². The van der Waals surface area contributed by atoms with Crippen LogP contribution in [0, 0.1) is 19.8 Å². The maximum atomic E-state index is 13.4. The van der Waals surface area contributed by atoms with Crippen LogP contribution in [0.5, 0.6) is 0 Å². The molecule has 34 heavy (non-hydrogen) atoms. The largest absolute Gasteiger partial charge is 0.367 e. The van der Waals surface area contributed by atoms with E-state index in [0.717, 1.165) is 29.7 Å². The Kier molecular flexibility index (Phi) is 7.42. The van der Waals surface area contributed by atoms with Crippen molar-refractivity contribution < 1.29 is 17.4 Å². The molecular weight excluding hydrogens is 472 g/mol. The molecule has 0 saturated heterocycles. The van der Waals surface area contributed by atoms with Crippen LogP contribution in [0.4, 0.5) is 5.82 Å². The molecular formula is C24H28N4O4S2. The number of thiophene rings is 1. The highest BCUT2D eigenvalue weighted by Crippen LogP contribution is 2.31. The molecule has 1 fully saturated rings. The minimum absolute atomic E-state index is 0.0532. The fourth-order valence-electron chi connectivity index (χ4n) is 4.33. The van der Waals surface area contributed by atoms with E-state index in [0.29, 0.717) is 22.7 Å². The third-order valence-electron chi connectivity index (χ3n) is 6.03. The molecule has 3 N–H and O–H groups in total. The summed E-state index contributed by atoms with van der Waals surface area (Å²) in [6.45, 7) is 4.17. The van der Waals surface area contributed by atoms with E-state index < -0.39 is 10.3 Å². The number of carbonyl (C=O) groups excluding carboxylic acids is 1.